The molecular weight excluding hydrogens is 425 g/mol. The van der Waals surface area contributed by atoms with Gasteiger partial charge in [0.2, 0.25) is 0 Å². The van der Waals surface area contributed by atoms with Crippen LogP contribution in [0.15, 0.2) is 53.3 Å². The van der Waals surface area contributed by atoms with Crippen molar-refractivity contribution >= 4 is 55.5 Å². The van der Waals surface area contributed by atoms with Gasteiger partial charge >= 0.3 is 6.18 Å². The molecule has 0 fully saturated rings. The summed E-state index contributed by atoms with van der Waals surface area (Å²) in [6, 6.07) is 11.0. The Morgan fingerprint density at radius 3 is 2.59 bits per heavy atom. The van der Waals surface area contributed by atoms with E-state index in [-0.39, 0.29) is 16.1 Å². The van der Waals surface area contributed by atoms with Crippen LogP contribution in [0.25, 0.3) is 21.0 Å². The van der Waals surface area contributed by atoms with Crippen LogP contribution in [0.3, 0.4) is 0 Å². The van der Waals surface area contributed by atoms with Crippen molar-refractivity contribution in [2.45, 2.75) is 6.18 Å². The zero-order valence-electron chi connectivity index (χ0n) is 14.8. The molecule has 1 amide bonds. The van der Waals surface area contributed by atoms with Gasteiger partial charge in [-0.25, -0.2) is 0 Å². The van der Waals surface area contributed by atoms with E-state index in [9.17, 15) is 22.8 Å². The van der Waals surface area contributed by atoms with Crippen molar-refractivity contribution < 1.29 is 18.0 Å². The van der Waals surface area contributed by atoms with Gasteiger partial charge in [-0.15, -0.1) is 11.3 Å². The summed E-state index contributed by atoms with van der Waals surface area (Å²) in [6.07, 6.45) is -4.51. The fourth-order valence-corrected chi connectivity index (χ4v) is 4.34. The molecule has 0 spiro atoms. The Bertz CT molecular complexity index is 1340. The zero-order valence-corrected chi connectivity index (χ0v) is 16.4. The van der Waals surface area contributed by atoms with E-state index in [2.05, 4.69) is 5.32 Å². The lowest BCUT2D eigenvalue weighted by molar-refractivity contribution is -0.137. The van der Waals surface area contributed by atoms with Crippen molar-refractivity contribution in [2.24, 2.45) is 7.05 Å². The van der Waals surface area contributed by atoms with Gasteiger partial charge in [-0.3, -0.25) is 9.59 Å². The second-order valence-electron chi connectivity index (χ2n) is 6.41. The van der Waals surface area contributed by atoms with Crippen LogP contribution in [-0.4, -0.2) is 10.5 Å². The normalized spacial score (nSPS) is 11.9. The predicted molar refractivity (Wildman–Crippen MR) is 109 cm³/mol. The van der Waals surface area contributed by atoms with Crippen LogP contribution in [0.1, 0.15) is 15.2 Å². The molecule has 0 bridgehead atoms. The highest BCUT2D eigenvalue weighted by molar-refractivity contribution is 7.21. The Morgan fingerprint density at radius 1 is 1.10 bits per heavy atom. The molecule has 0 aliphatic rings. The number of nitrogens with one attached hydrogen (secondary N) is 1. The van der Waals surface area contributed by atoms with Gasteiger partial charge in [0.15, 0.2) is 0 Å². The molecule has 0 saturated carbocycles. The van der Waals surface area contributed by atoms with Crippen molar-refractivity contribution in [3.05, 3.63) is 74.3 Å². The number of aromatic nitrogens is 1. The highest BCUT2D eigenvalue weighted by Gasteiger charge is 2.30. The third-order valence-corrected chi connectivity index (χ3v) is 5.91. The number of benzene rings is 2. The number of amides is 1. The summed E-state index contributed by atoms with van der Waals surface area (Å²) in [4.78, 5) is 25.5. The SMILES string of the molecule is Cn1c(=O)c2cc(C(=O)Nc3cccc(C(F)(F)F)c3)sc2c2ccc(Cl)cc21. The first-order valence-electron chi connectivity index (χ1n) is 8.35. The molecule has 4 aromatic rings. The molecule has 4 rings (SSSR count). The maximum absolute atomic E-state index is 12.9. The first-order valence-corrected chi connectivity index (χ1v) is 9.55. The summed E-state index contributed by atoms with van der Waals surface area (Å²) >= 11 is 7.13. The number of halogens is 4. The highest BCUT2D eigenvalue weighted by Crippen LogP contribution is 2.33. The van der Waals surface area contributed by atoms with Crippen LogP contribution < -0.4 is 10.9 Å². The molecule has 148 valence electrons. The molecule has 9 heteroatoms. The predicted octanol–water partition coefficient (Wildman–Crippen LogP) is 5.68. The maximum atomic E-state index is 12.9. The van der Waals surface area contributed by atoms with Gasteiger partial charge < -0.3 is 9.88 Å². The first kappa shape index (κ1) is 19.5. The zero-order chi connectivity index (χ0) is 20.9. The number of aryl methyl sites for hydroxylation is 1. The van der Waals surface area contributed by atoms with Gasteiger partial charge in [0.05, 0.1) is 21.3 Å². The second-order valence-corrected chi connectivity index (χ2v) is 7.90. The average Bonchev–Trinajstić information content (AvgIpc) is 3.11. The van der Waals surface area contributed by atoms with Crippen molar-refractivity contribution in [1.29, 1.82) is 0 Å². The Balaban J connectivity index is 1.77. The van der Waals surface area contributed by atoms with Crippen molar-refractivity contribution in [3.8, 4) is 0 Å². The largest absolute Gasteiger partial charge is 0.416 e. The van der Waals surface area contributed by atoms with E-state index in [0.29, 0.717) is 20.6 Å². The summed E-state index contributed by atoms with van der Waals surface area (Å²) in [5, 5.41) is 4.06. The van der Waals surface area contributed by atoms with E-state index in [1.807, 2.05) is 0 Å². The van der Waals surface area contributed by atoms with Gasteiger partial charge in [0, 0.05) is 27.8 Å². The molecule has 0 unspecified atom stereocenters. The van der Waals surface area contributed by atoms with Crippen molar-refractivity contribution in [3.63, 3.8) is 0 Å². The number of nitrogens with zero attached hydrogens (tertiary/aromatic N) is 1. The molecule has 29 heavy (non-hydrogen) atoms. The van der Waals surface area contributed by atoms with Gasteiger partial charge in [-0.05, 0) is 42.5 Å². The van der Waals surface area contributed by atoms with Gasteiger partial charge in [-0.1, -0.05) is 17.7 Å². The molecule has 2 aromatic heterocycles. The third-order valence-electron chi connectivity index (χ3n) is 4.50. The fraction of sp³-hybridized carbons (Fsp3) is 0.100. The number of fused-ring (bicyclic) bond motifs is 3. The molecule has 4 nitrogen and oxygen atoms in total. The molecule has 1 N–H and O–H groups in total. The van der Waals surface area contributed by atoms with E-state index in [1.165, 1.54) is 22.8 Å². The Morgan fingerprint density at radius 2 is 1.86 bits per heavy atom. The highest BCUT2D eigenvalue weighted by atomic mass is 35.5. The van der Waals surface area contributed by atoms with Gasteiger partial charge in [-0.2, -0.15) is 13.2 Å². The fourth-order valence-electron chi connectivity index (χ4n) is 3.09. The molecule has 0 saturated heterocycles. The maximum Gasteiger partial charge on any atom is 0.416 e. The topological polar surface area (TPSA) is 51.1 Å². The first-order chi connectivity index (χ1) is 13.6. The number of anilines is 1. The summed E-state index contributed by atoms with van der Waals surface area (Å²) in [5.41, 5.74) is -0.499. The number of thiophene rings is 1. The van der Waals surface area contributed by atoms with Crippen LogP contribution in [0, 0.1) is 0 Å². The van der Waals surface area contributed by atoms with E-state index in [0.717, 1.165) is 28.9 Å². The van der Waals surface area contributed by atoms with Crippen LogP contribution in [0.4, 0.5) is 18.9 Å². The summed E-state index contributed by atoms with van der Waals surface area (Å²) in [5.74, 6) is -0.588. The molecule has 2 heterocycles. The van der Waals surface area contributed by atoms with Crippen LogP contribution in [0.5, 0.6) is 0 Å². The number of rotatable bonds is 2. The summed E-state index contributed by atoms with van der Waals surface area (Å²) < 4.78 is 40.7. The quantitative estimate of drug-likeness (QED) is 0.439. The monoisotopic (exact) mass is 436 g/mol. The second kappa shape index (κ2) is 6.89. The van der Waals surface area contributed by atoms with E-state index in [4.69, 9.17) is 11.6 Å². The number of pyridine rings is 1. The lowest BCUT2D eigenvalue weighted by Crippen LogP contribution is -2.16. The number of hydrogen-bond donors (Lipinski definition) is 1. The number of alkyl halides is 3. The average molecular weight is 437 g/mol. The van der Waals surface area contributed by atoms with Crippen molar-refractivity contribution in [2.75, 3.05) is 5.32 Å². The lowest BCUT2D eigenvalue weighted by Gasteiger charge is -2.09. The molecule has 2 aromatic carbocycles. The molecule has 0 aliphatic heterocycles. The smallest absolute Gasteiger partial charge is 0.321 e. The summed E-state index contributed by atoms with van der Waals surface area (Å²) in [7, 11) is 1.61. The van der Waals surface area contributed by atoms with E-state index >= 15 is 0 Å². The van der Waals surface area contributed by atoms with Gasteiger partial charge in [0.1, 0.15) is 0 Å². The number of hydrogen-bond acceptors (Lipinski definition) is 3. The molecule has 0 radical (unpaired) electrons. The number of carbonyl (C=O) groups is 1. The van der Waals surface area contributed by atoms with Gasteiger partial charge in [0.25, 0.3) is 11.5 Å². The standard InChI is InChI=1S/C20H12ClF3N2O2S/c1-26-15-8-11(21)5-6-13(15)17-14(19(26)28)9-16(29-17)18(27)25-12-4-2-3-10(7-12)20(22,23)24/h2-9H,1H3,(H,25,27). The number of carbonyl (C=O) groups excluding carboxylic acids is 1. The minimum atomic E-state index is -4.51. The lowest BCUT2D eigenvalue weighted by atomic mass is 10.1. The van der Waals surface area contributed by atoms with Crippen LogP contribution in [0.2, 0.25) is 5.02 Å². The molecule has 0 aliphatic carbocycles. The third kappa shape index (κ3) is 3.49. The minimum Gasteiger partial charge on any atom is -0.321 e. The van der Waals surface area contributed by atoms with Crippen molar-refractivity contribution in [1.82, 2.24) is 4.57 Å². The Hall–Kier alpha value is -2.84. The van der Waals surface area contributed by atoms with E-state index in [1.54, 1.807) is 25.2 Å². The molecule has 0 atom stereocenters. The summed E-state index contributed by atoms with van der Waals surface area (Å²) in [6.45, 7) is 0. The van der Waals surface area contributed by atoms with Crippen LogP contribution in [-0.2, 0) is 13.2 Å². The Labute approximate surface area is 171 Å². The van der Waals surface area contributed by atoms with E-state index < -0.39 is 17.6 Å². The molecular formula is C20H12ClF3N2O2S. The minimum absolute atomic E-state index is 0.0202. The van der Waals surface area contributed by atoms with Crippen LogP contribution >= 0.6 is 22.9 Å². The Kier molecular flexibility index (Phi) is 4.63.